The van der Waals surface area contributed by atoms with Crippen LogP contribution in [0.3, 0.4) is 0 Å². The molecule has 2 aliphatic heterocycles. The van der Waals surface area contributed by atoms with Crippen LogP contribution in [-0.2, 0) is 0 Å². The second-order valence-corrected chi connectivity index (χ2v) is 9.92. The highest BCUT2D eigenvalue weighted by atomic mass is 32.2. The predicted octanol–water partition coefficient (Wildman–Crippen LogP) is 5.07. The van der Waals surface area contributed by atoms with Gasteiger partial charge in [-0.1, -0.05) is 23.9 Å². The molecule has 32 heavy (non-hydrogen) atoms. The third-order valence-electron chi connectivity index (χ3n) is 5.94. The van der Waals surface area contributed by atoms with Gasteiger partial charge in [0.1, 0.15) is 11.3 Å². The average Bonchev–Trinajstić information content (AvgIpc) is 3.28. The lowest BCUT2D eigenvalue weighted by Gasteiger charge is -2.30. The number of anilines is 1. The van der Waals surface area contributed by atoms with Crippen molar-refractivity contribution in [3.63, 3.8) is 0 Å². The number of thioether (sulfide) groups is 1. The van der Waals surface area contributed by atoms with Gasteiger partial charge in [0.15, 0.2) is 16.6 Å². The molecule has 5 rings (SSSR count). The van der Waals surface area contributed by atoms with Crippen molar-refractivity contribution in [3.8, 4) is 5.75 Å². The van der Waals surface area contributed by atoms with E-state index in [1.807, 2.05) is 48.0 Å². The van der Waals surface area contributed by atoms with E-state index in [1.54, 1.807) is 18.9 Å². The lowest BCUT2D eigenvalue weighted by atomic mass is 9.92. The Labute approximate surface area is 194 Å². The number of aromatic nitrogens is 1. The molecule has 2 aliphatic rings. The molecule has 0 aliphatic carbocycles. The number of ether oxygens (including phenoxy) is 1. The lowest BCUT2D eigenvalue weighted by molar-refractivity contribution is 0.0805. The summed E-state index contributed by atoms with van der Waals surface area (Å²) in [5, 5.41) is 5.73. The molecule has 1 N–H and O–H groups in total. The van der Waals surface area contributed by atoms with E-state index < -0.39 is 0 Å². The van der Waals surface area contributed by atoms with Crippen LogP contribution in [0, 0.1) is 5.92 Å². The summed E-state index contributed by atoms with van der Waals surface area (Å²) in [6.07, 6.45) is 3.36. The summed E-state index contributed by atoms with van der Waals surface area (Å²) in [7, 11) is 1.61. The Morgan fingerprint density at radius 1 is 1.22 bits per heavy atom. The molecule has 0 saturated carbocycles. The van der Waals surface area contributed by atoms with E-state index in [0.29, 0.717) is 22.9 Å². The van der Waals surface area contributed by atoms with Gasteiger partial charge in [0.2, 0.25) is 0 Å². The number of ketones is 2. The number of para-hydroxylation sites is 1. The SMILES string of the molecule is COc1cccc2sc(C(=O)C3CCN(CC(=O)c4ccc5c(c4)NC=CS5)CC3)nc12. The average molecular weight is 466 g/mol. The summed E-state index contributed by atoms with van der Waals surface area (Å²) < 4.78 is 6.33. The minimum Gasteiger partial charge on any atom is -0.494 e. The van der Waals surface area contributed by atoms with Gasteiger partial charge < -0.3 is 10.1 Å². The molecule has 0 atom stereocenters. The van der Waals surface area contributed by atoms with Gasteiger partial charge in [-0.2, -0.15) is 0 Å². The summed E-state index contributed by atoms with van der Waals surface area (Å²) in [6, 6.07) is 11.5. The summed E-state index contributed by atoms with van der Waals surface area (Å²) in [5.41, 5.74) is 2.44. The van der Waals surface area contributed by atoms with Crippen LogP contribution in [0.4, 0.5) is 5.69 Å². The number of fused-ring (bicyclic) bond motifs is 2. The molecule has 0 radical (unpaired) electrons. The smallest absolute Gasteiger partial charge is 0.194 e. The van der Waals surface area contributed by atoms with Gasteiger partial charge >= 0.3 is 0 Å². The van der Waals surface area contributed by atoms with Crippen molar-refractivity contribution in [1.29, 1.82) is 0 Å². The summed E-state index contributed by atoms with van der Waals surface area (Å²) in [4.78, 5) is 33.7. The van der Waals surface area contributed by atoms with E-state index in [0.717, 1.165) is 46.7 Å². The molecule has 2 aromatic carbocycles. The number of carbonyl (C=O) groups excluding carboxylic acids is 2. The van der Waals surface area contributed by atoms with E-state index in [2.05, 4.69) is 15.2 Å². The van der Waals surface area contributed by atoms with Gasteiger partial charge in [-0.05, 0) is 55.6 Å². The van der Waals surface area contributed by atoms with Crippen LogP contribution in [0.25, 0.3) is 10.2 Å². The van der Waals surface area contributed by atoms with Crippen LogP contribution >= 0.6 is 23.1 Å². The topological polar surface area (TPSA) is 71.5 Å². The summed E-state index contributed by atoms with van der Waals surface area (Å²) in [6.45, 7) is 1.84. The molecule has 0 bridgehead atoms. The quantitative estimate of drug-likeness (QED) is 0.510. The molecule has 0 spiro atoms. The molecular weight excluding hydrogens is 442 g/mol. The van der Waals surface area contributed by atoms with Crippen molar-refractivity contribution in [2.45, 2.75) is 17.7 Å². The number of methoxy groups -OCH3 is 1. The van der Waals surface area contributed by atoms with E-state index in [1.165, 1.54) is 11.3 Å². The minimum absolute atomic E-state index is 0.0512. The second-order valence-electron chi connectivity index (χ2n) is 7.94. The predicted molar refractivity (Wildman–Crippen MR) is 129 cm³/mol. The van der Waals surface area contributed by atoms with E-state index in [9.17, 15) is 9.59 Å². The van der Waals surface area contributed by atoms with E-state index >= 15 is 0 Å². The van der Waals surface area contributed by atoms with Gasteiger partial charge in [-0.15, -0.1) is 11.3 Å². The van der Waals surface area contributed by atoms with E-state index in [4.69, 9.17) is 4.74 Å². The largest absolute Gasteiger partial charge is 0.494 e. The number of nitrogens with zero attached hydrogens (tertiary/aromatic N) is 2. The molecule has 164 valence electrons. The van der Waals surface area contributed by atoms with Crippen LogP contribution in [-0.4, -0.2) is 48.2 Å². The Morgan fingerprint density at radius 3 is 2.88 bits per heavy atom. The Morgan fingerprint density at radius 2 is 2.06 bits per heavy atom. The first-order valence-electron chi connectivity index (χ1n) is 10.6. The molecule has 3 heterocycles. The number of carbonyl (C=O) groups is 2. The number of hydrogen-bond donors (Lipinski definition) is 1. The molecule has 0 unspecified atom stereocenters. The summed E-state index contributed by atoms with van der Waals surface area (Å²) in [5.74, 6) is 0.852. The molecule has 0 amide bonds. The van der Waals surface area contributed by atoms with Crippen LogP contribution in [0.2, 0.25) is 0 Å². The fourth-order valence-electron chi connectivity index (χ4n) is 4.17. The highest BCUT2D eigenvalue weighted by Gasteiger charge is 2.29. The number of nitrogens with one attached hydrogen (secondary N) is 1. The lowest BCUT2D eigenvalue weighted by Crippen LogP contribution is -2.39. The molecule has 3 aromatic rings. The normalized spacial score (nSPS) is 16.5. The van der Waals surface area contributed by atoms with Crippen molar-refractivity contribution < 1.29 is 14.3 Å². The molecule has 1 fully saturated rings. The fourth-order valence-corrected chi connectivity index (χ4v) is 5.84. The van der Waals surface area contributed by atoms with Crippen molar-refractivity contribution in [2.24, 2.45) is 5.92 Å². The molecule has 8 heteroatoms. The number of hydrogen-bond acceptors (Lipinski definition) is 8. The molecule has 1 aromatic heterocycles. The maximum Gasteiger partial charge on any atom is 0.194 e. The number of piperidine rings is 1. The standard InChI is InChI=1S/C24H23N3O3S2/c1-30-19-3-2-4-21-22(19)26-24(32-21)23(29)15-7-10-27(11-8-15)14-18(28)16-5-6-20-17(13-16)25-9-12-31-20/h2-6,9,12-13,15,25H,7-8,10-11,14H2,1H3. The summed E-state index contributed by atoms with van der Waals surface area (Å²) >= 11 is 3.07. The molecular formula is C24H23N3O3S2. The van der Waals surface area contributed by atoms with Crippen molar-refractivity contribution in [1.82, 2.24) is 9.88 Å². The van der Waals surface area contributed by atoms with Crippen molar-refractivity contribution in [3.05, 3.63) is 58.6 Å². The number of rotatable bonds is 6. The van der Waals surface area contributed by atoms with Crippen LogP contribution in [0.1, 0.15) is 33.0 Å². The first-order chi connectivity index (χ1) is 15.6. The number of benzene rings is 2. The van der Waals surface area contributed by atoms with Gasteiger partial charge in [0, 0.05) is 22.6 Å². The zero-order valence-corrected chi connectivity index (χ0v) is 19.3. The number of Topliss-reactive ketones (excluding diaryl/α,β-unsaturated/α-hetero) is 2. The Balaban J connectivity index is 1.20. The maximum atomic E-state index is 13.1. The zero-order valence-electron chi connectivity index (χ0n) is 17.7. The zero-order chi connectivity index (χ0) is 22.1. The Hall–Kier alpha value is -2.68. The molecule has 6 nitrogen and oxygen atoms in total. The highest BCUT2D eigenvalue weighted by Crippen LogP contribution is 2.33. The highest BCUT2D eigenvalue weighted by molar-refractivity contribution is 8.02. The second kappa shape index (κ2) is 9.05. The first-order valence-corrected chi connectivity index (χ1v) is 12.3. The first kappa shape index (κ1) is 21.2. The monoisotopic (exact) mass is 465 g/mol. The number of thiazole rings is 1. The van der Waals surface area contributed by atoms with Gasteiger partial charge in [0.25, 0.3) is 0 Å². The third-order valence-corrected chi connectivity index (χ3v) is 7.86. The van der Waals surface area contributed by atoms with Crippen LogP contribution in [0.5, 0.6) is 5.75 Å². The third kappa shape index (κ3) is 4.18. The van der Waals surface area contributed by atoms with Crippen LogP contribution in [0.15, 0.2) is 52.9 Å². The van der Waals surface area contributed by atoms with E-state index in [-0.39, 0.29) is 17.5 Å². The fraction of sp³-hybridized carbons (Fsp3) is 0.292. The van der Waals surface area contributed by atoms with Gasteiger partial charge in [-0.3, -0.25) is 14.5 Å². The maximum absolute atomic E-state index is 13.1. The molecule has 1 saturated heterocycles. The van der Waals surface area contributed by atoms with Gasteiger partial charge in [0.05, 0.1) is 24.0 Å². The Kier molecular flexibility index (Phi) is 5.99. The number of likely N-dealkylation sites (tertiary alicyclic amines) is 1. The van der Waals surface area contributed by atoms with Crippen molar-refractivity contribution >= 4 is 50.6 Å². The van der Waals surface area contributed by atoms with Crippen molar-refractivity contribution in [2.75, 3.05) is 32.1 Å². The Bertz CT molecular complexity index is 1210. The minimum atomic E-state index is -0.0512. The van der Waals surface area contributed by atoms with Crippen LogP contribution < -0.4 is 10.1 Å². The van der Waals surface area contributed by atoms with Gasteiger partial charge in [-0.25, -0.2) is 4.98 Å².